The molecule has 1 aromatic carbocycles. The van der Waals surface area contributed by atoms with Crippen molar-refractivity contribution in [3.05, 3.63) is 30.3 Å². The van der Waals surface area contributed by atoms with Crippen molar-refractivity contribution in [2.75, 3.05) is 55.7 Å². The number of nitrogens with one attached hydrogen (secondary N) is 1. The second kappa shape index (κ2) is 9.77. The normalized spacial score (nSPS) is 22.8. The molecular weight excluding hydrogens is 463 g/mol. The number of aliphatic imine (C=N–C) groups is 1. The number of rotatable bonds is 4. The van der Waals surface area contributed by atoms with Crippen molar-refractivity contribution in [2.45, 2.75) is 13.3 Å². The Morgan fingerprint density at radius 3 is 2.46 bits per heavy atom. The molecule has 0 bridgehead atoms. The van der Waals surface area contributed by atoms with Gasteiger partial charge < -0.3 is 15.1 Å². The predicted molar refractivity (Wildman–Crippen MR) is 118 cm³/mol. The molecule has 2 saturated heterocycles. The van der Waals surface area contributed by atoms with E-state index in [0.29, 0.717) is 12.3 Å². The van der Waals surface area contributed by atoms with Gasteiger partial charge in [0, 0.05) is 45.0 Å². The molecule has 0 aromatic heterocycles. The molecule has 2 heterocycles. The monoisotopic (exact) mass is 492 g/mol. The summed E-state index contributed by atoms with van der Waals surface area (Å²) in [5.41, 5.74) is 1.26. The topological polar surface area (TPSA) is 65.0 Å². The molecule has 6 nitrogen and oxygen atoms in total. The average Bonchev–Trinajstić information content (AvgIpc) is 2.98. The maximum absolute atomic E-state index is 11.6. The van der Waals surface area contributed by atoms with Crippen molar-refractivity contribution in [3.8, 4) is 0 Å². The smallest absolute Gasteiger partial charge is 0.194 e. The van der Waals surface area contributed by atoms with Gasteiger partial charge in [-0.05, 0) is 31.4 Å². The van der Waals surface area contributed by atoms with E-state index in [0.717, 1.165) is 45.1 Å². The van der Waals surface area contributed by atoms with Gasteiger partial charge in [0.25, 0.3) is 0 Å². The van der Waals surface area contributed by atoms with Crippen molar-refractivity contribution >= 4 is 45.5 Å². The summed E-state index contributed by atoms with van der Waals surface area (Å²) in [6.07, 6.45) is 0.743. The van der Waals surface area contributed by atoms with Crippen LogP contribution in [0.25, 0.3) is 0 Å². The highest BCUT2D eigenvalue weighted by Crippen LogP contribution is 2.19. The number of sulfone groups is 1. The molecule has 2 aliphatic heterocycles. The first-order valence-electron chi connectivity index (χ1n) is 9.11. The van der Waals surface area contributed by atoms with Gasteiger partial charge in [-0.2, -0.15) is 0 Å². The first-order chi connectivity index (χ1) is 12.1. The fourth-order valence-electron chi connectivity index (χ4n) is 3.47. The van der Waals surface area contributed by atoms with Gasteiger partial charge in [-0.25, -0.2) is 8.42 Å². The first kappa shape index (κ1) is 21.3. The summed E-state index contributed by atoms with van der Waals surface area (Å²) in [6, 6.07) is 10.5. The van der Waals surface area contributed by atoms with Gasteiger partial charge in [-0.15, -0.1) is 24.0 Å². The van der Waals surface area contributed by atoms with Gasteiger partial charge in [-0.3, -0.25) is 4.99 Å². The van der Waals surface area contributed by atoms with Crippen molar-refractivity contribution in [3.63, 3.8) is 0 Å². The van der Waals surface area contributed by atoms with E-state index in [-0.39, 0.29) is 35.6 Å². The molecule has 0 amide bonds. The Morgan fingerprint density at radius 2 is 1.88 bits per heavy atom. The Hall–Kier alpha value is -1.03. The fourth-order valence-corrected chi connectivity index (χ4v) is 5.32. The highest BCUT2D eigenvalue weighted by Gasteiger charge is 2.28. The van der Waals surface area contributed by atoms with E-state index >= 15 is 0 Å². The lowest BCUT2D eigenvalue weighted by atomic mass is 10.1. The molecule has 146 valence electrons. The van der Waals surface area contributed by atoms with E-state index in [1.54, 1.807) is 0 Å². The minimum absolute atomic E-state index is 0. The standard InChI is InChI=1S/C18H28N4O2S.HI/c1-2-19-18(20-14-16-8-13-25(23,24)15-16)22-11-9-21(10-12-22)17-6-4-3-5-7-17;/h3-7,16H,2,8-15H2,1H3,(H,19,20);1H. The molecule has 2 aliphatic rings. The van der Waals surface area contributed by atoms with Gasteiger partial charge in [-0.1, -0.05) is 18.2 Å². The maximum atomic E-state index is 11.6. The Bertz CT molecular complexity index is 688. The van der Waals surface area contributed by atoms with E-state index in [1.165, 1.54) is 5.69 Å². The van der Waals surface area contributed by atoms with Crippen molar-refractivity contribution in [2.24, 2.45) is 10.9 Å². The molecule has 1 aromatic rings. The molecule has 1 N–H and O–H groups in total. The quantitative estimate of drug-likeness (QED) is 0.395. The number of anilines is 1. The molecule has 0 aliphatic carbocycles. The maximum Gasteiger partial charge on any atom is 0.194 e. The van der Waals surface area contributed by atoms with Crippen molar-refractivity contribution in [1.29, 1.82) is 0 Å². The predicted octanol–water partition coefficient (Wildman–Crippen LogP) is 1.83. The number of benzene rings is 1. The van der Waals surface area contributed by atoms with Crippen LogP contribution in [0.3, 0.4) is 0 Å². The fraction of sp³-hybridized carbons (Fsp3) is 0.611. The minimum Gasteiger partial charge on any atom is -0.368 e. The molecule has 1 unspecified atom stereocenters. The third-order valence-electron chi connectivity index (χ3n) is 4.86. The van der Waals surface area contributed by atoms with E-state index < -0.39 is 9.84 Å². The average molecular weight is 492 g/mol. The summed E-state index contributed by atoms with van der Waals surface area (Å²) < 4.78 is 23.2. The number of guanidine groups is 1. The summed E-state index contributed by atoms with van der Waals surface area (Å²) in [5.74, 6) is 1.70. The van der Waals surface area contributed by atoms with Gasteiger partial charge in [0.05, 0.1) is 11.5 Å². The van der Waals surface area contributed by atoms with Crippen LogP contribution in [0.4, 0.5) is 5.69 Å². The minimum atomic E-state index is -2.83. The molecule has 26 heavy (non-hydrogen) atoms. The zero-order chi connectivity index (χ0) is 17.7. The molecular formula is C18H29IN4O2S. The van der Waals surface area contributed by atoms with Crippen LogP contribution in [0.15, 0.2) is 35.3 Å². The van der Waals surface area contributed by atoms with E-state index in [2.05, 4.69) is 46.3 Å². The second-order valence-electron chi connectivity index (χ2n) is 6.77. The van der Waals surface area contributed by atoms with Crippen LogP contribution in [0.1, 0.15) is 13.3 Å². The lowest BCUT2D eigenvalue weighted by Crippen LogP contribution is -2.52. The van der Waals surface area contributed by atoms with Gasteiger partial charge in [0.2, 0.25) is 0 Å². The summed E-state index contributed by atoms with van der Waals surface area (Å²) >= 11 is 0. The number of para-hydroxylation sites is 1. The molecule has 0 saturated carbocycles. The van der Waals surface area contributed by atoms with Gasteiger partial charge in [0.15, 0.2) is 15.8 Å². The SMILES string of the molecule is CCNC(=NCC1CCS(=O)(=O)C1)N1CCN(c2ccccc2)CC1.I. The highest BCUT2D eigenvalue weighted by atomic mass is 127. The summed E-state index contributed by atoms with van der Waals surface area (Å²) in [5, 5.41) is 3.36. The summed E-state index contributed by atoms with van der Waals surface area (Å²) in [7, 11) is -2.83. The zero-order valence-corrected chi connectivity index (χ0v) is 18.4. The van der Waals surface area contributed by atoms with Crippen LogP contribution in [0.5, 0.6) is 0 Å². The first-order valence-corrected chi connectivity index (χ1v) is 10.9. The lowest BCUT2D eigenvalue weighted by Gasteiger charge is -2.37. The van der Waals surface area contributed by atoms with Gasteiger partial charge >= 0.3 is 0 Å². The third kappa shape index (κ3) is 5.73. The second-order valence-corrected chi connectivity index (χ2v) is 9.00. The van der Waals surface area contributed by atoms with E-state index in [9.17, 15) is 8.42 Å². The Balaban J connectivity index is 0.00000243. The molecule has 0 spiro atoms. The Morgan fingerprint density at radius 1 is 1.19 bits per heavy atom. The highest BCUT2D eigenvalue weighted by molar-refractivity contribution is 14.0. The molecule has 2 fully saturated rings. The lowest BCUT2D eigenvalue weighted by molar-refractivity contribution is 0.371. The largest absolute Gasteiger partial charge is 0.368 e. The molecule has 1 atom stereocenters. The summed E-state index contributed by atoms with van der Waals surface area (Å²) in [6.45, 7) is 7.25. The van der Waals surface area contributed by atoms with Gasteiger partial charge in [0.1, 0.15) is 0 Å². The van der Waals surface area contributed by atoms with Crippen LogP contribution < -0.4 is 10.2 Å². The number of halogens is 1. The molecule has 0 radical (unpaired) electrons. The van der Waals surface area contributed by atoms with Crippen LogP contribution in [-0.4, -0.2) is 70.1 Å². The van der Waals surface area contributed by atoms with Crippen LogP contribution in [0, 0.1) is 5.92 Å². The summed E-state index contributed by atoms with van der Waals surface area (Å²) in [4.78, 5) is 9.41. The molecule has 3 rings (SSSR count). The van der Waals surface area contributed by atoms with E-state index in [1.807, 2.05) is 6.07 Å². The van der Waals surface area contributed by atoms with Crippen molar-refractivity contribution < 1.29 is 8.42 Å². The number of piperazine rings is 1. The van der Waals surface area contributed by atoms with Crippen LogP contribution in [-0.2, 0) is 9.84 Å². The van der Waals surface area contributed by atoms with Crippen molar-refractivity contribution in [1.82, 2.24) is 10.2 Å². The number of hydrogen-bond donors (Lipinski definition) is 1. The van der Waals surface area contributed by atoms with E-state index in [4.69, 9.17) is 4.99 Å². The Labute approximate surface area is 174 Å². The number of hydrogen-bond acceptors (Lipinski definition) is 4. The van der Waals surface area contributed by atoms with Crippen LogP contribution in [0.2, 0.25) is 0 Å². The number of nitrogens with zero attached hydrogens (tertiary/aromatic N) is 3. The zero-order valence-electron chi connectivity index (χ0n) is 15.3. The van der Waals surface area contributed by atoms with Crippen LogP contribution >= 0.6 is 24.0 Å². The Kier molecular flexibility index (Phi) is 8.00. The third-order valence-corrected chi connectivity index (χ3v) is 6.70. The molecule has 8 heteroatoms.